The smallest absolute Gasteiger partial charge is 0.0208 e. The molecule has 1 fully saturated rings. The van der Waals surface area contributed by atoms with Gasteiger partial charge in [-0.25, -0.2) is 0 Å². The quantitative estimate of drug-likeness (QED) is 0.922. The van der Waals surface area contributed by atoms with Gasteiger partial charge in [-0.05, 0) is 55.5 Å². The van der Waals surface area contributed by atoms with E-state index in [1.54, 1.807) is 0 Å². The van der Waals surface area contributed by atoms with Crippen LogP contribution >= 0.6 is 0 Å². The fraction of sp³-hybridized carbons (Fsp3) is 0.429. The average molecular weight is 308 g/mol. The van der Waals surface area contributed by atoms with Crippen molar-refractivity contribution >= 4 is 0 Å². The Balaban J connectivity index is 1.65. The van der Waals surface area contributed by atoms with E-state index in [2.05, 4.69) is 79.6 Å². The third-order valence-corrected chi connectivity index (χ3v) is 5.07. The van der Waals surface area contributed by atoms with Gasteiger partial charge in [-0.3, -0.25) is 0 Å². The molecule has 0 aromatic heterocycles. The van der Waals surface area contributed by atoms with Crippen molar-refractivity contribution in [3.63, 3.8) is 0 Å². The van der Waals surface area contributed by atoms with E-state index in [0.717, 1.165) is 19.6 Å². The Labute approximate surface area is 140 Å². The second kappa shape index (κ2) is 7.29. The Bertz CT molecular complexity index is 636. The monoisotopic (exact) mass is 308 g/mol. The van der Waals surface area contributed by atoms with Gasteiger partial charge in [-0.1, -0.05) is 48.5 Å². The van der Waals surface area contributed by atoms with Gasteiger partial charge in [0.2, 0.25) is 0 Å². The van der Waals surface area contributed by atoms with Gasteiger partial charge in [-0.2, -0.15) is 0 Å². The Kier molecular flexibility index (Phi) is 5.14. The molecule has 2 nitrogen and oxygen atoms in total. The molecule has 122 valence electrons. The first-order valence-corrected chi connectivity index (χ1v) is 8.65. The van der Waals surface area contributed by atoms with Gasteiger partial charge in [0.05, 0.1) is 0 Å². The summed E-state index contributed by atoms with van der Waals surface area (Å²) in [6, 6.07) is 18.2. The predicted molar refractivity (Wildman–Crippen MR) is 97.8 cm³/mol. The minimum absolute atomic E-state index is 0.556. The molecule has 0 spiro atoms. The van der Waals surface area contributed by atoms with E-state index < -0.39 is 0 Å². The fourth-order valence-corrected chi connectivity index (χ4v) is 3.59. The normalized spacial score (nSPS) is 22.2. The number of hydrogen-bond acceptors (Lipinski definition) is 2. The minimum atomic E-state index is 0.556. The predicted octanol–water partition coefficient (Wildman–Crippen LogP) is 3.88. The van der Waals surface area contributed by atoms with Crippen molar-refractivity contribution < 1.29 is 0 Å². The van der Waals surface area contributed by atoms with Crippen LogP contribution in [0.25, 0.3) is 0 Å². The lowest BCUT2D eigenvalue weighted by atomic mass is 9.87. The number of likely N-dealkylation sites (tertiary alicyclic amines) is 1. The molecule has 0 aliphatic carbocycles. The van der Waals surface area contributed by atoms with Crippen LogP contribution < -0.4 is 5.32 Å². The van der Waals surface area contributed by atoms with E-state index in [4.69, 9.17) is 0 Å². The first kappa shape index (κ1) is 16.2. The molecular formula is C21H28N2. The van der Waals surface area contributed by atoms with Crippen molar-refractivity contribution in [1.29, 1.82) is 0 Å². The summed E-state index contributed by atoms with van der Waals surface area (Å²) in [5.41, 5.74) is 5.65. The van der Waals surface area contributed by atoms with E-state index in [1.165, 1.54) is 28.7 Å². The maximum Gasteiger partial charge on any atom is 0.0208 e. The number of rotatable bonds is 4. The summed E-state index contributed by atoms with van der Waals surface area (Å²) in [7, 11) is 2.24. The largest absolute Gasteiger partial charge is 0.309 e. The van der Waals surface area contributed by atoms with Crippen molar-refractivity contribution in [2.24, 2.45) is 0 Å². The van der Waals surface area contributed by atoms with Crippen LogP contribution in [0.15, 0.2) is 48.5 Å². The summed E-state index contributed by atoms with van der Waals surface area (Å²) in [4.78, 5) is 2.46. The maximum atomic E-state index is 3.75. The van der Waals surface area contributed by atoms with E-state index in [9.17, 15) is 0 Å². The van der Waals surface area contributed by atoms with Crippen molar-refractivity contribution in [2.45, 2.75) is 38.8 Å². The summed E-state index contributed by atoms with van der Waals surface area (Å²) in [5.74, 6) is 0.626. The molecule has 1 aliphatic heterocycles. The summed E-state index contributed by atoms with van der Waals surface area (Å²) in [6.45, 7) is 7.66. The van der Waals surface area contributed by atoms with Crippen LogP contribution in [-0.2, 0) is 6.54 Å². The molecule has 0 amide bonds. The molecule has 1 heterocycles. The molecular weight excluding hydrogens is 280 g/mol. The highest BCUT2D eigenvalue weighted by Gasteiger charge is 2.26. The number of piperidine rings is 1. The molecule has 1 N–H and O–H groups in total. The molecule has 1 saturated heterocycles. The number of likely N-dealkylation sites (N-methyl/N-ethyl adjacent to an activating group) is 1. The summed E-state index contributed by atoms with van der Waals surface area (Å²) in [6.07, 6.45) is 1.22. The first-order chi connectivity index (χ1) is 11.1. The molecule has 3 rings (SSSR count). The maximum absolute atomic E-state index is 3.75. The van der Waals surface area contributed by atoms with Crippen molar-refractivity contribution in [3.05, 3.63) is 70.8 Å². The molecule has 2 atom stereocenters. The van der Waals surface area contributed by atoms with Gasteiger partial charge in [0.15, 0.2) is 0 Å². The summed E-state index contributed by atoms with van der Waals surface area (Å²) >= 11 is 0. The zero-order valence-corrected chi connectivity index (χ0v) is 14.5. The number of hydrogen-bond donors (Lipinski definition) is 1. The first-order valence-electron chi connectivity index (χ1n) is 8.65. The van der Waals surface area contributed by atoms with E-state index in [-0.39, 0.29) is 0 Å². The summed E-state index contributed by atoms with van der Waals surface area (Å²) < 4.78 is 0. The number of aryl methyl sites for hydroxylation is 2. The van der Waals surface area contributed by atoms with Gasteiger partial charge in [0.1, 0.15) is 0 Å². The molecule has 0 saturated carbocycles. The lowest BCUT2D eigenvalue weighted by molar-refractivity contribution is 0.204. The third kappa shape index (κ3) is 4.21. The lowest BCUT2D eigenvalue weighted by Gasteiger charge is -2.36. The van der Waals surface area contributed by atoms with Gasteiger partial charge in [0.25, 0.3) is 0 Å². The molecule has 0 bridgehead atoms. The zero-order chi connectivity index (χ0) is 16.2. The molecule has 0 radical (unpaired) electrons. The minimum Gasteiger partial charge on any atom is -0.309 e. The average Bonchev–Trinajstić information content (AvgIpc) is 2.56. The number of nitrogens with zero attached hydrogens (tertiary/aromatic N) is 1. The van der Waals surface area contributed by atoms with Crippen molar-refractivity contribution in [1.82, 2.24) is 10.2 Å². The highest BCUT2D eigenvalue weighted by atomic mass is 15.1. The highest BCUT2D eigenvalue weighted by molar-refractivity contribution is 5.32. The van der Waals surface area contributed by atoms with E-state index in [0.29, 0.717) is 12.0 Å². The standard InChI is InChI=1S/C21H28N2/c1-16-9-10-19(11-17(16)2)20-12-21(15-23(3)14-20)22-13-18-7-5-4-6-8-18/h4-11,20-22H,12-15H2,1-3H3. The van der Waals surface area contributed by atoms with Crippen LogP contribution in [0.3, 0.4) is 0 Å². The van der Waals surface area contributed by atoms with Crippen LogP contribution in [0, 0.1) is 13.8 Å². The Morgan fingerprint density at radius 3 is 2.52 bits per heavy atom. The second-order valence-corrected chi connectivity index (χ2v) is 7.06. The van der Waals surface area contributed by atoms with Gasteiger partial charge >= 0.3 is 0 Å². The number of benzene rings is 2. The Morgan fingerprint density at radius 2 is 1.78 bits per heavy atom. The van der Waals surface area contributed by atoms with Crippen LogP contribution in [0.2, 0.25) is 0 Å². The van der Waals surface area contributed by atoms with Crippen LogP contribution in [0.5, 0.6) is 0 Å². The SMILES string of the molecule is Cc1ccc(C2CC(NCc3ccccc3)CN(C)C2)cc1C. The Morgan fingerprint density at radius 1 is 1.00 bits per heavy atom. The molecule has 1 aliphatic rings. The van der Waals surface area contributed by atoms with E-state index in [1.807, 2.05) is 0 Å². The third-order valence-electron chi connectivity index (χ3n) is 5.07. The second-order valence-electron chi connectivity index (χ2n) is 7.06. The lowest BCUT2D eigenvalue weighted by Crippen LogP contribution is -2.46. The molecule has 2 heteroatoms. The van der Waals surface area contributed by atoms with Gasteiger partial charge in [0, 0.05) is 25.7 Å². The Hall–Kier alpha value is -1.64. The zero-order valence-electron chi connectivity index (χ0n) is 14.5. The molecule has 23 heavy (non-hydrogen) atoms. The van der Waals surface area contributed by atoms with Crippen LogP contribution in [0.4, 0.5) is 0 Å². The summed E-state index contributed by atoms with van der Waals surface area (Å²) in [5, 5.41) is 3.75. The van der Waals surface area contributed by atoms with Gasteiger partial charge < -0.3 is 10.2 Å². The highest BCUT2D eigenvalue weighted by Crippen LogP contribution is 2.28. The fourth-order valence-electron chi connectivity index (χ4n) is 3.59. The molecule has 2 aromatic carbocycles. The van der Waals surface area contributed by atoms with Crippen LogP contribution in [-0.4, -0.2) is 31.1 Å². The van der Waals surface area contributed by atoms with Crippen molar-refractivity contribution in [2.75, 3.05) is 20.1 Å². The van der Waals surface area contributed by atoms with Gasteiger partial charge in [-0.15, -0.1) is 0 Å². The van der Waals surface area contributed by atoms with E-state index >= 15 is 0 Å². The van der Waals surface area contributed by atoms with Crippen molar-refractivity contribution in [3.8, 4) is 0 Å². The molecule has 2 unspecified atom stereocenters. The molecule has 2 aromatic rings. The number of nitrogens with one attached hydrogen (secondary N) is 1. The topological polar surface area (TPSA) is 15.3 Å². The van der Waals surface area contributed by atoms with Crippen LogP contribution in [0.1, 0.15) is 34.6 Å².